The molecule has 1 fully saturated rings. The summed E-state index contributed by atoms with van der Waals surface area (Å²) in [6.45, 7) is 3.90. The van der Waals surface area contributed by atoms with Gasteiger partial charge in [0.2, 0.25) is 5.91 Å². The number of anilines is 1. The maximum atomic E-state index is 14.1. The van der Waals surface area contributed by atoms with Crippen molar-refractivity contribution in [2.45, 2.75) is 38.8 Å². The second-order valence-electron chi connectivity index (χ2n) is 9.47. The number of rotatable bonds is 4. The maximum Gasteiger partial charge on any atom is 0.233 e. The molecule has 0 N–H and O–H groups in total. The van der Waals surface area contributed by atoms with Crippen molar-refractivity contribution in [1.82, 2.24) is 9.78 Å². The Morgan fingerprint density at radius 3 is 2.50 bits per heavy atom. The van der Waals surface area contributed by atoms with Gasteiger partial charge in [-0.1, -0.05) is 13.0 Å². The average Bonchev–Trinajstić information content (AvgIpc) is 3.35. The lowest BCUT2D eigenvalue weighted by Crippen LogP contribution is -2.42. The van der Waals surface area contributed by atoms with Gasteiger partial charge >= 0.3 is 0 Å². The summed E-state index contributed by atoms with van der Waals surface area (Å²) < 4.78 is 35.6. The van der Waals surface area contributed by atoms with E-state index in [1.54, 1.807) is 34.0 Å². The summed E-state index contributed by atoms with van der Waals surface area (Å²) in [5.74, 6) is -0.0240. The van der Waals surface area contributed by atoms with E-state index in [-0.39, 0.29) is 29.0 Å². The molecule has 1 saturated carbocycles. The van der Waals surface area contributed by atoms with Crippen LogP contribution in [0.4, 0.5) is 14.5 Å². The molecular weight excluding hydrogens is 436 g/mol. The maximum absolute atomic E-state index is 14.1. The van der Waals surface area contributed by atoms with Crippen LogP contribution in [-0.2, 0) is 4.79 Å². The van der Waals surface area contributed by atoms with Crippen LogP contribution in [-0.4, -0.2) is 21.7 Å². The van der Waals surface area contributed by atoms with E-state index >= 15 is 0 Å². The van der Waals surface area contributed by atoms with E-state index in [0.717, 1.165) is 35.0 Å². The minimum Gasteiger partial charge on any atom is -0.483 e. The molecule has 1 aliphatic heterocycles. The van der Waals surface area contributed by atoms with Gasteiger partial charge < -0.3 is 9.64 Å². The van der Waals surface area contributed by atoms with Crippen LogP contribution >= 0.6 is 0 Å². The summed E-state index contributed by atoms with van der Waals surface area (Å²) in [6.07, 6.45) is 3.00. The molecular formula is C27H23F2N3O2. The topological polar surface area (TPSA) is 47.4 Å². The number of amides is 1. The smallest absolute Gasteiger partial charge is 0.233 e. The Hall–Kier alpha value is -3.74. The molecule has 0 spiro atoms. The van der Waals surface area contributed by atoms with Crippen molar-refractivity contribution in [2.24, 2.45) is 5.41 Å². The molecule has 4 aromatic rings. The Morgan fingerprint density at radius 2 is 1.76 bits per heavy atom. The molecule has 6 rings (SSSR count). The summed E-state index contributed by atoms with van der Waals surface area (Å²) in [5, 5.41) is 5.31. The SMILES string of the molecule is C[C@H]1[C@H](Oc2ccc3c(cnn3-c3ccc(F)cc3)c2)c2ccc(F)cc2N1C(=O)C1(C)CC1. The minimum absolute atomic E-state index is 0.0222. The van der Waals surface area contributed by atoms with Crippen LogP contribution in [0.1, 0.15) is 38.4 Å². The van der Waals surface area contributed by atoms with E-state index in [0.29, 0.717) is 11.4 Å². The van der Waals surface area contributed by atoms with E-state index in [4.69, 9.17) is 4.74 Å². The molecule has 1 aliphatic carbocycles. The van der Waals surface area contributed by atoms with Crippen LogP contribution in [0, 0.1) is 17.0 Å². The van der Waals surface area contributed by atoms with Crippen LogP contribution in [0.15, 0.2) is 66.9 Å². The number of nitrogens with zero attached hydrogens (tertiary/aromatic N) is 3. The van der Waals surface area contributed by atoms with Crippen molar-refractivity contribution < 1.29 is 18.3 Å². The number of carbonyl (C=O) groups is 1. The number of fused-ring (bicyclic) bond motifs is 2. The Morgan fingerprint density at radius 1 is 1.03 bits per heavy atom. The lowest BCUT2D eigenvalue weighted by molar-refractivity contribution is -0.123. The van der Waals surface area contributed by atoms with E-state index in [1.807, 2.05) is 32.0 Å². The number of hydrogen-bond acceptors (Lipinski definition) is 3. The molecule has 0 saturated heterocycles. The standard InChI is InChI=1S/C27H23F2N3O2/c1-16-25(22-9-5-19(29)14-24(22)31(16)26(33)27(2)11-12-27)34-21-8-10-23-17(13-21)15-30-32(23)20-6-3-18(28)4-7-20/h3-10,13-16,25H,11-12H2,1-2H3/t16-,25-/m0/s1. The lowest BCUT2D eigenvalue weighted by atomic mass is 10.1. The molecule has 34 heavy (non-hydrogen) atoms. The summed E-state index contributed by atoms with van der Waals surface area (Å²) in [4.78, 5) is 15.0. The predicted octanol–water partition coefficient (Wildman–Crippen LogP) is 5.96. The Bertz CT molecular complexity index is 1430. The van der Waals surface area contributed by atoms with Crippen molar-refractivity contribution in [1.29, 1.82) is 0 Å². The number of hydrogen-bond donors (Lipinski definition) is 0. The van der Waals surface area contributed by atoms with Gasteiger partial charge in [-0.3, -0.25) is 4.79 Å². The first-order valence-electron chi connectivity index (χ1n) is 11.4. The van der Waals surface area contributed by atoms with Crippen molar-refractivity contribution in [3.63, 3.8) is 0 Å². The summed E-state index contributed by atoms with van der Waals surface area (Å²) in [7, 11) is 0. The quantitative estimate of drug-likeness (QED) is 0.378. The number of halogens is 2. The Labute approximate surface area is 195 Å². The number of benzene rings is 3. The fourth-order valence-corrected chi connectivity index (χ4v) is 4.75. The van der Waals surface area contributed by atoms with Crippen molar-refractivity contribution in [3.05, 3.63) is 84.1 Å². The van der Waals surface area contributed by atoms with Crippen molar-refractivity contribution in [3.8, 4) is 11.4 Å². The average molecular weight is 459 g/mol. The van der Waals surface area contributed by atoms with Crippen LogP contribution in [0.25, 0.3) is 16.6 Å². The third kappa shape index (κ3) is 3.26. The fourth-order valence-electron chi connectivity index (χ4n) is 4.75. The van der Waals surface area contributed by atoms with Gasteiger partial charge in [-0.25, -0.2) is 13.5 Å². The summed E-state index contributed by atoms with van der Waals surface area (Å²) >= 11 is 0. The highest BCUT2D eigenvalue weighted by Crippen LogP contribution is 2.51. The number of carbonyl (C=O) groups excluding carboxylic acids is 1. The van der Waals surface area contributed by atoms with E-state index in [9.17, 15) is 13.6 Å². The van der Waals surface area contributed by atoms with E-state index in [1.165, 1.54) is 24.3 Å². The van der Waals surface area contributed by atoms with Gasteiger partial charge in [-0.2, -0.15) is 5.10 Å². The second-order valence-corrected chi connectivity index (χ2v) is 9.47. The normalized spacial score (nSPS) is 20.4. The summed E-state index contributed by atoms with van der Waals surface area (Å²) in [5.41, 5.74) is 2.63. The molecule has 5 nitrogen and oxygen atoms in total. The molecule has 1 aromatic heterocycles. The van der Waals surface area contributed by atoms with Gasteiger partial charge in [0.1, 0.15) is 23.5 Å². The molecule has 172 valence electrons. The third-order valence-corrected chi connectivity index (χ3v) is 7.01. The number of ether oxygens (including phenoxy) is 1. The fraction of sp³-hybridized carbons (Fsp3) is 0.259. The van der Waals surface area contributed by atoms with Gasteiger partial charge in [0.25, 0.3) is 0 Å². The van der Waals surface area contributed by atoms with Crippen molar-refractivity contribution in [2.75, 3.05) is 4.90 Å². The van der Waals surface area contributed by atoms with Gasteiger partial charge in [0.15, 0.2) is 0 Å². The van der Waals surface area contributed by atoms with Gasteiger partial charge in [0.05, 0.1) is 29.1 Å². The summed E-state index contributed by atoms with van der Waals surface area (Å²) in [6, 6.07) is 16.1. The molecule has 0 unspecified atom stereocenters. The number of aromatic nitrogens is 2. The zero-order chi connectivity index (χ0) is 23.6. The monoisotopic (exact) mass is 459 g/mol. The van der Waals surface area contributed by atoms with Gasteiger partial charge in [-0.05, 0) is 74.4 Å². The molecule has 0 radical (unpaired) electrons. The van der Waals surface area contributed by atoms with Gasteiger partial charge in [-0.15, -0.1) is 0 Å². The van der Waals surface area contributed by atoms with Crippen molar-refractivity contribution >= 4 is 22.5 Å². The highest BCUT2D eigenvalue weighted by molar-refractivity contribution is 6.01. The largest absolute Gasteiger partial charge is 0.483 e. The molecule has 3 aromatic carbocycles. The van der Waals surface area contributed by atoms with Crippen LogP contribution in [0.5, 0.6) is 5.75 Å². The highest BCUT2D eigenvalue weighted by atomic mass is 19.1. The van der Waals surface area contributed by atoms with E-state index in [2.05, 4.69) is 5.10 Å². The van der Waals surface area contributed by atoms with E-state index < -0.39 is 6.10 Å². The zero-order valence-corrected chi connectivity index (χ0v) is 18.8. The molecule has 1 amide bonds. The molecule has 2 aliphatic rings. The molecule has 2 atom stereocenters. The van der Waals surface area contributed by atoms with Crippen LogP contribution in [0.3, 0.4) is 0 Å². The second kappa shape index (κ2) is 7.38. The first-order valence-corrected chi connectivity index (χ1v) is 11.4. The van der Waals surface area contributed by atoms with Gasteiger partial charge in [0, 0.05) is 16.4 Å². The first-order chi connectivity index (χ1) is 16.3. The minimum atomic E-state index is -0.425. The first kappa shape index (κ1) is 20.8. The Kier molecular flexibility index (Phi) is 4.52. The highest BCUT2D eigenvalue weighted by Gasteiger charge is 2.52. The van der Waals surface area contributed by atoms with Crippen LogP contribution in [0.2, 0.25) is 0 Å². The molecule has 7 heteroatoms. The molecule has 0 bridgehead atoms. The molecule has 2 heterocycles. The Balaban J connectivity index is 1.33. The van der Waals surface area contributed by atoms with Crippen LogP contribution < -0.4 is 9.64 Å². The lowest BCUT2D eigenvalue weighted by Gasteiger charge is -2.28. The third-order valence-electron chi connectivity index (χ3n) is 7.01. The predicted molar refractivity (Wildman–Crippen MR) is 125 cm³/mol. The zero-order valence-electron chi connectivity index (χ0n) is 18.8.